The number of nitrogens with one attached hydrogen (secondary N) is 2. The Morgan fingerprint density at radius 3 is 2.54 bits per heavy atom. The van der Waals surface area contributed by atoms with Gasteiger partial charge in [-0.1, -0.05) is 13.8 Å². The molecule has 3 amide bonds. The summed E-state index contributed by atoms with van der Waals surface area (Å²) in [6.45, 7) is 5.56. The Kier molecular flexibility index (Phi) is 7.15. The van der Waals surface area contributed by atoms with Crippen LogP contribution < -0.4 is 16.4 Å². The zero-order valence-electron chi connectivity index (χ0n) is 15.5. The second-order valence-electron chi connectivity index (χ2n) is 6.89. The van der Waals surface area contributed by atoms with Gasteiger partial charge in [0.15, 0.2) is 0 Å². The zero-order valence-corrected chi connectivity index (χ0v) is 15.5. The Morgan fingerprint density at radius 1 is 1.23 bits per heavy atom. The van der Waals surface area contributed by atoms with Gasteiger partial charge in [-0.25, -0.2) is 0 Å². The molecule has 0 radical (unpaired) electrons. The Balaban J connectivity index is 1.97. The van der Waals surface area contributed by atoms with Gasteiger partial charge < -0.3 is 21.3 Å². The van der Waals surface area contributed by atoms with Crippen LogP contribution in [0.5, 0.6) is 0 Å². The number of nitrogens with zero attached hydrogens (tertiary/aromatic N) is 1. The van der Waals surface area contributed by atoms with Crippen molar-refractivity contribution in [3.8, 4) is 0 Å². The third-order valence-corrected chi connectivity index (χ3v) is 4.45. The fourth-order valence-electron chi connectivity index (χ4n) is 2.88. The second-order valence-corrected chi connectivity index (χ2v) is 6.89. The van der Waals surface area contributed by atoms with Crippen molar-refractivity contribution in [2.24, 2.45) is 17.6 Å². The molecular formula is C19H28N4O3. The average Bonchev–Trinajstić information content (AvgIpc) is 2.66. The SMILES string of the molecule is CC(C)C(=O)Nc1ccc(C(=O)N2CCCC(C(=O)NCCN)C2)cc1. The first-order chi connectivity index (χ1) is 12.4. The number of piperidine rings is 1. The molecule has 4 N–H and O–H groups in total. The number of benzene rings is 1. The third kappa shape index (κ3) is 5.29. The highest BCUT2D eigenvalue weighted by molar-refractivity contribution is 5.96. The van der Waals surface area contributed by atoms with E-state index in [9.17, 15) is 14.4 Å². The summed E-state index contributed by atoms with van der Waals surface area (Å²) >= 11 is 0. The molecule has 1 aromatic carbocycles. The molecule has 7 nitrogen and oxygen atoms in total. The molecule has 1 unspecified atom stereocenters. The van der Waals surface area contributed by atoms with E-state index in [0.29, 0.717) is 37.4 Å². The number of hydrogen-bond donors (Lipinski definition) is 3. The number of anilines is 1. The van der Waals surface area contributed by atoms with Crippen LogP contribution >= 0.6 is 0 Å². The maximum Gasteiger partial charge on any atom is 0.253 e. The summed E-state index contributed by atoms with van der Waals surface area (Å²) in [4.78, 5) is 38.3. The number of nitrogens with two attached hydrogens (primary N) is 1. The highest BCUT2D eigenvalue weighted by Crippen LogP contribution is 2.20. The molecule has 1 aliphatic heterocycles. The predicted octanol–water partition coefficient (Wildman–Crippen LogP) is 1.21. The van der Waals surface area contributed by atoms with Gasteiger partial charge in [-0.2, -0.15) is 0 Å². The van der Waals surface area contributed by atoms with E-state index >= 15 is 0 Å². The zero-order chi connectivity index (χ0) is 19.1. The molecule has 1 saturated heterocycles. The predicted molar refractivity (Wildman–Crippen MR) is 101 cm³/mol. The molecule has 2 rings (SSSR count). The maximum atomic E-state index is 12.7. The van der Waals surface area contributed by atoms with Crippen molar-refractivity contribution < 1.29 is 14.4 Å². The number of rotatable bonds is 6. The van der Waals surface area contributed by atoms with Crippen molar-refractivity contribution in [2.75, 3.05) is 31.5 Å². The molecule has 26 heavy (non-hydrogen) atoms. The van der Waals surface area contributed by atoms with Crippen LogP contribution in [-0.2, 0) is 9.59 Å². The van der Waals surface area contributed by atoms with Gasteiger partial charge in [-0.05, 0) is 37.1 Å². The molecule has 0 saturated carbocycles. The number of hydrogen-bond acceptors (Lipinski definition) is 4. The Bertz CT molecular complexity index is 643. The highest BCUT2D eigenvalue weighted by Gasteiger charge is 2.28. The first-order valence-electron chi connectivity index (χ1n) is 9.10. The van der Waals surface area contributed by atoms with Gasteiger partial charge in [-0.15, -0.1) is 0 Å². The lowest BCUT2D eigenvalue weighted by Crippen LogP contribution is -2.46. The quantitative estimate of drug-likeness (QED) is 0.709. The van der Waals surface area contributed by atoms with E-state index in [1.165, 1.54) is 0 Å². The minimum absolute atomic E-state index is 0.0419. The number of likely N-dealkylation sites (tertiary alicyclic amines) is 1. The average molecular weight is 360 g/mol. The minimum atomic E-state index is -0.191. The Labute approximate surface area is 154 Å². The van der Waals surface area contributed by atoms with Gasteiger partial charge in [0.2, 0.25) is 11.8 Å². The lowest BCUT2D eigenvalue weighted by Gasteiger charge is -2.32. The molecule has 0 spiro atoms. The molecule has 1 aliphatic rings. The summed E-state index contributed by atoms with van der Waals surface area (Å²) < 4.78 is 0. The van der Waals surface area contributed by atoms with Crippen LogP contribution in [0.3, 0.4) is 0 Å². The molecule has 1 aromatic rings. The summed E-state index contributed by atoms with van der Waals surface area (Å²) in [6, 6.07) is 6.86. The molecule has 7 heteroatoms. The summed E-state index contributed by atoms with van der Waals surface area (Å²) in [7, 11) is 0. The van der Waals surface area contributed by atoms with Crippen LogP contribution in [0.4, 0.5) is 5.69 Å². The van der Waals surface area contributed by atoms with Crippen molar-refractivity contribution in [1.29, 1.82) is 0 Å². The Morgan fingerprint density at radius 2 is 1.92 bits per heavy atom. The molecule has 0 aliphatic carbocycles. The van der Waals surface area contributed by atoms with E-state index in [-0.39, 0.29) is 29.6 Å². The number of carbonyl (C=O) groups is 3. The standard InChI is InChI=1S/C19H28N4O3/c1-13(2)17(24)22-16-7-5-14(6-8-16)19(26)23-11-3-4-15(12-23)18(25)21-10-9-20/h5-8,13,15H,3-4,9-12,20H2,1-2H3,(H,21,25)(H,22,24). The van der Waals surface area contributed by atoms with E-state index in [1.807, 2.05) is 13.8 Å². The first kappa shape index (κ1) is 19.9. The summed E-state index contributed by atoms with van der Waals surface area (Å²) in [6.07, 6.45) is 1.58. The van der Waals surface area contributed by atoms with Crippen LogP contribution in [0.2, 0.25) is 0 Å². The van der Waals surface area contributed by atoms with Crippen molar-refractivity contribution in [2.45, 2.75) is 26.7 Å². The van der Waals surface area contributed by atoms with Crippen molar-refractivity contribution in [3.05, 3.63) is 29.8 Å². The van der Waals surface area contributed by atoms with Crippen LogP contribution in [0, 0.1) is 11.8 Å². The highest BCUT2D eigenvalue weighted by atomic mass is 16.2. The molecule has 1 heterocycles. The minimum Gasteiger partial charge on any atom is -0.355 e. The molecule has 1 atom stereocenters. The van der Waals surface area contributed by atoms with E-state index < -0.39 is 0 Å². The number of carbonyl (C=O) groups excluding carboxylic acids is 3. The van der Waals surface area contributed by atoms with Gasteiger partial charge in [0.1, 0.15) is 0 Å². The second kappa shape index (κ2) is 9.33. The molecule has 0 bridgehead atoms. The normalized spacial score (nSPS) is 17.1. The van der Waals surface area contributed by atoms with Crippen LogP contribution in [0.25, 0.3) is 0 Å². The lowest BCUT2D eigenvalue weighted by atomic mass is 9.96. The molecule has 0 aromatic heterocycles. The van der Waals surface area contributed by atoms with Crippen LogP contribution in [0.15, 0.2) is 24.3 Å². The fraction of sp³-hybridized carbons (Fsp3) is 0.526. The first-order valence-corrected chi connectivity index (χ1v) is 9.10. The van der Waals surface area contributed by atoms with Gasteiger partial charge >= 0.3 is 0 Å². The van der Waals surface area contributed by atoms with Crippen molar-refractivity contribution in [1.82, 2.24) is 10.2 Å². The smallest absolute Gasteiger partial charge is 0.253 e. The van der Waals surface area contributed by atoms with Crippen molar-refractivity contribution in [3.63, 3.8) is 0 Å². The monoisotopic (exact) mass is 360 g/mol. The maximum absolute atomic E-state index is 12.7. The fourth-order valence-corrected chi connectivity index (χ4v) is 2.88. The van der Waals surface area contributed by atoms with Gasteiger partial charge in [0.25, 0.3) is 5.91 Å². The number of amides is 3. The molecule has 142 valence electrons. The van der Waals surface area contributed by atoms with Crippen LogP contribution in [0.1, 0.15) is 37.0 Å². The Hall–Kier alpha value is -2.41. The van der Waals surface area contributed by atoms with E-state index in [4.69, 9.17) is 5.73 Å². The van der Waals surface area contributed by atoms with Gasteiger partial charge in [0, 0.05) is 43.3 Å². The van der Waals surface area contributed by atoms with Gasteiger partial charge in [-0.3, -0.25) is 14.4 Å². The summed E-state index contributed by atoms with van der Waals surface area (Å²) in [5.74, 6) is -0.495. The summed E-state index contributed by atoms with van der Waals surface area (Å²) in [5, 5.41) is 5.60. The van der Waals surface area contributed by atoms with Crippen molar-refractivity contribution >= 4 is 23.4 Å². The molecular weight excluding hydrogens is 332 g/mol. The van der Waals surface area contributed by atoms with E-state index in [0.717, 1.165) is 12.8 Å². The molecule has 1 fully saturated rings. The largest absolute Gasteiger partial charge is 0.355 e. The lowest BCUT2D eigenvalue weighted by molar-refractivity contribution is -0.126. The topological polar surface area (TPSA) is 105 Å². The van der Waals surface area contributed by atoms with Crippen LogP contribution in [-0.4, -0.2) is 48.8 Å². The third-order valence-electron chi connectivity index (χ3n) is 4.45. The summed E-state index contributed by atoms with van der Waals surface area (Å²) in [5.41, 5.74) is 6.63. The van der Waals surface area contributed by atoms with E-state index in [2.05, 4.69) is 10.6 Å². The van der Waals surface area contributed by atoms with Gasteiger partial charge in [0.05, 0.1) is 5.92 Å². The van der Waals surface area contributed by atoms with E-state index in [1.54, 1.807) is 29.2 Å².